The van der Waals surface area contributed by atoms with E-state index >= 15 is 0 Å². The van der Waals surface area contributed by atoms with Crippen molar-refractivity contribution in [2.24, 2.45) is 0 Å². The van der Waals surface area contributed by atoms with Crippen molar-refractivity contribution in [3.8, 4) is 0 Å². The molecule has 1 aromatic rings. The van der Waals surface area contributed by atoms with Gasteiger partial charge in [0, 0.05) is 13.5 Å². The average molecular weight is 306 g/mol. The van der Waals surface area contributed by atoms with E-state index in [1.54, 1.807) is 0 Å². The minimum absolute atomic E-state index is 0.0239. The molecule has 0 bridgehead atoms. The number of halogens is 1. The van der Waals surface area contributed by atoms with E-state index in [0.29, 0.717) is 6.29 Å². The molecule has 1 N–H and O–H groups in total. The first-order valence-electron chi connectivity index (χ1n) is 6.75. The molecule has 1 atom stereocenters. The van der Waals surface area contributed by atoms with Crippen molar-refractivity contribution in [3.63, 3.8) is 0 Å². The number of rotatable bonds is 5. The Morgan fingerprint density at radius 2 is 1.91 bits per heavy atom. The van der Waals surface area contributed by atoms with Crippen molar-refractivity contribution in [1.82, 2.24) is 10.2 Å². The normalized spacial score (nSPS) is 14.8. The monoisotopic (exact) mass is 306 g/mol. The van der Waals surface area contributed by atoms with Crippen LogP contribution in [-0.4, -0.2) is 42.0 Å². The lowest BCUT2D eigenvalue weighted by Crippen LogP contribution is -2.48. The Hall–Kier alpha value is -2.57. The van der Waals surface area contributed by atoms with Gasteiger partial charge in [-0.15, -0.1) is 0 Å². The number of imide groups is 1. The predicted octanol–water partition coefficient (Wildman–Crippen LogP) is 0.824. The number of aryl methyl sites for hydroxylation is 1. The molecule has 0 radical (unpaired) electrons. The van der Waals surface area contributed by atoms with Crippen LogP contribution in [0.1, 0.15) is 39.1 Å². The molecule has 0 fully saturated rings. The van der Waals surface area contributed by atoms with Crippen LogP contribution in [0.3, 0.4) is 0 Å². The van der Waals surface area contributed by atoms with E-state index in [1.165, 1.54) is 20.0 Å². The molecule has 1 aromatic carbocycles. The summed E-state index contributed by atoms with van der Waals surface area (Å²) in [7, 11) is 1.37. The molecule has 7 heteroatoms. The van der Waals surface area contributed by atoms with Gasteiger partial charge < -0.3 is 10.1 Å². The summed E-state index contributed by atoms with van der Waals surface area (Å²) in [5.41, 5.74) is 0.253. The molecule has 1 aliphatic rings. The van der Waals surface area contributed by atoms with Gasteiger partial charge in [0.15, 0.2) is 0 Å². The lowest BCUT2D eigenvalue weighted by atomic mass is 10.1. The summed E-state index contributed by atoms with van der Waals surface area (Å²) in [4.78, 5) is 48.0. The molecule has 0 spiro atoms. The SMILES string of the molecule is CNC(=O)[C@H](CCC=O)N1C(=O)c2cc(C)c(F)cc2C1=O. The van der Waals surface area contributed by atoms with Gasteiger partial charge in [-0.1, -0.05) is 0 Å². The van der Waals surface area contributed by atoms with Crippen LogP contribution in [0.15, 0.2) is 12.1 Å². The van der Waals surface area contributed by atoms with Crippen LogP contribution >= 0.6 is 0 Å². The van der Waals surface area contributed by atoms with Gasteiger partial charge in [0.05, 0.1) is 11.1 Å². The van der Waals surface area contributed by atoms with E-state index in [1.807, 2.05) is 0 Å². The second-order valence-electron chi connectivity index (χ2n) is 5.00. The Morgan fingerprint density at radius 3 is 2.45 bits per heavy atom. The number of nitrogens with zero attached hydrogens (tertiary/aromatic N) is 1. The van der Waals surface area contributed by atoms with Crippen LogP contribution in [0.2, 0.25) is 0 Å². The summed E-state index contributed by atoms with van der Waals surface area (Å²) in [6.45, 7) is 1.48. The van der Waals surface area contributed by atoms with E-state index in [2.05, 4.69) is 5.32 Å². The Balaban J connectivity index is 2.44. The van der Waals surface area contributed by atoms with E-state index in [-0.39, 0.29) is 29.5 Å². The van der Waals surface area contributed by atoms with Crippen molar-refractivity contribution in [3.05, 3.63) is 34.6 Å². The molecular formula is C15H15FN2O4. The maximum absolute atomic E-state index is 13.6. The van der Waals surface area contributed by atoms with Crippen molar-refractivity contribution in [2.75, 3.05) is 7.05 Å². The second-order valence-corrected chi connectivity index (χ2v) is 5.00. The highest BCUT2D eigenvalue weighted by Crippen LogP contribution is 2.28. The molecule has 2 rings (SSSR count). The maximum Gasteiger partial charge on any atom is 0.262 e. The Kier molecular flexibility index (Phi) is 4.35. The minimum Gasteiger partial charge on any atom is -0.357 e. The fourth-order valence-electron chi connectivity index (χ4n) is 2.44. The van der Waals surface area contributed by atoms with Crippen LogP contribution in [0, 0.1) is 12.7 Å². The molecule has 6 nitrogen and oxygen atoms in total. The average Bonchev–Trinajstić information content (AvgIpc) is 2.72. The van der Waals surface area contributed by atoms with E-state index in [4.69, 9.17) is 0 Å². The number of hydrogen-bond acceptors (Lipinski definition) is 4. The first-order chi connectivity index (χ1) is 10.4. The summed E-state index contributed by atoms with van der Waals surface area (Å²) in [5.74, 6) is -2.51. The molecule has 0 saturated heterocycles. The lowest BCUT2D eigenvalue weighted by Gasteiger charge is -2.24. The molecule has 0 unspecified atom stereocenters. The zero-order chi connectivity index (χ0) is 16.4. The molecule has 3 amide bonds. The zero-order valence-electron chi connectivity index (χ0n) is 12.2. The summed E-state index contributed by atoms with van der Waals surface area (Å²) in [6, 6.07) is 1.21. The second kappa shape index (κ2) is 6.05. The third-order valence-corrected chi connectivity index (χ3v) is 3.62. The molecule has 1 aliphatic heterocycles. The van der Waals surface area contributed by atoms with Crippen LogP contribution in [-0.2, 0) is 9.59 Å². The van der Waals surface area contributed by atoms with Crippen LogP contribution in [0.25, 0.3) is 0 Å². The molecule has 0 aromatic heterocycles. The van der Waals surface area contributed by atoms with Crippen LogP contribution < -0.4 is 5.32 Å². The van der Waals surface area contributed by atoms with Gasteiger partial charge in [-0.2, -0.15) is 0 Å². The van der Waals surface area contributed by atoms with Gasteiger partial charge in [0.25, 0.3) is 11.8 Å². The number of likely N-dealkylation sites (N-methyl/N-ethyl adjacent to an activating group) is 1. The number of aldehydes is 1. The zero-order valence-corrected chi connectivity index (χ0v) is 12.2. The summed E-state index contributed by atoms with van der Waals surface area (Å²) in [6.07, 6.45) is 0.660. The largest absolute Gasteiger partial charge is 0.357 e. The summed E-state index contributed by atoms with van der Waals surface area (Å²) >= 11 is 0. The van der Waals surface area contributed by atoms with Crippen LogP contribution in [0.4, 0.5) is 4.39 Å². The quantitative estimate of drug-likeness (QED) is 0.645. The van der Waals surface area contributed by atoms with Gasteiger partial charge in [-0.3, -0.25) is 19.3 Å². The van der Waals surface area contributed by atoms with Gasteiger partial charge in [0.1, 0.15) is 18.1 Å². The van der Waals surface area contributed by atoms with Crippen molar-refractivity contribution in [2.45, 2.75) is 25.8 Å². The van der Waals surface area contributed by atoms with Gasteiger partial charge in [0.2, 0.25) is 5.91 Å². The van der Waals surface area contributed by atoms with Crippen molar-refractivity contribution in [1.29, 1.82) is 0 Å². The topological polar surface area (TPSA) is 83.6 Å². The Labute approximate surface area is 126 Å². The highest BCUT2D eigenvalue weighted by Gasteiger charge is 2.42. The number of amides is 3. The first kappa shape index (κ1) is 15.8. The number of hydrogen-bond donors (Lipinski definition) is 1. The molecule has 1 heterocycles. The molecule has 0 saturated carbocycles. The molecule has 116 valence electrons. The highest BCUT2D eigenvalue weighted by atomic mass is 19.1. The van der Waals surface area contributed by atoms with E-state index < -0.39 is 29.6 Å². The van der Waals surface area contributed by atoms with E-state index in [9.17, 15) is 23.6 Å². The third-order valence-electron chi connectivity index (χ3n) is 3.62. The molecule has 0 aliphatic carbocycles. The van der Waals surface area contributed by atoms with E-state index in [0.717, 1.165) is 11.0 Å². The third kappa shape index (κ3) is 2.49. The molecular weight excluding hydrogens is 291 g/mol. The number of fused-ring (bicyclic) bond motifs is 1. The standard InChI is InChI=1S/C15H15FN2O4/c1-8-6-9-10(7-11(8)16)15(22)18(14(9)21)12(4-3-5-19)13(20)17-2/h5-7,12H,3-4H2,1-2H3,(H,17,20)/t12-/m0/s1. The van der Waals surface area contributed by atoms with Gasteiger partial charge in [-0.25, -0.2) is 4.39 Å². The number of benzene rings is 1. The Bertz CT molecular complexity index is 631. The highest BCUT2D eigenvalue weighted by molar-refractivity contribution is 6.23. The van der Waals surface area contributed by atoms with Crippen molar-refractivity contribution >= 4 is 24.0 Å². The number of carbonyl (C=O) groups excluding carboxylic acids is 4. The smallest absolute Gasteiger partial charge is 0.262 e. The minimum atomic E-state index is -1.09. The van der Waals surface area contributed by atoms with Crippen molar-refractivity contribution < 1.29 is 23.6 Å². The summed E-state index contributed by atoms with van der Waals surface area (Å²) in [5, 5.41) is 2.37. The van der Waals surface area contributed by atoms with Gasteiger partial charge >= 0.3 is 0 Å². The fraction of sp³-hybridized carbons (Fsp3) is 0.333. The lowest BCUT2D eigenvalue weighted by molar-refractivity contribution is -0.124. The summed E-state index contributed by atoms with van der Waals surface area (Å²) < 4.78 is 13.6. The Morgan fingerprint density at radius 1 is 1.32 bits per heavy atom. The van der Waals surface area contributed by atoms with Gasteiger partial charge in [-0.05, 0) is 31.0 Å². The van der Waals surface area contributed by atoms with Crippen LogP contribution in [0.5, 0.6) is 0 Å². The maximum atomic E-state index is 13.6. The fourth-order valence-corrected chi connectivity index (χ4v) is 2.44. The predicted molar refractivity (Wildman–Crippen MR) is 74.8 cm³/mol. The number of carbonyl (C=O) groups is 4. The first-order valence-corrected chi connectivity index (χ1v) is 6.75. The number of nitrogens with one attached hydrogen (secondary N) is 1. The molecule has 22 heavy (non-hydrogen) atoms.